The number of carboxylic acids is 1. The van der Waals surface area contributed by atoms with Crippen molar-refractivity contribution in [3.8, 4) is 0 Å². The average molecular weight is 337 g/mol. The van der Waals surface area contributed by atoms with E-state index >= 15 is 0 Å². The number of hydrogen-bond acceptors (Lipinski definition) is 3. The van der Waals surface area contributed by atoms with Crippen LogP contribution in [0.15, 0.2) is 54.6 Å². The minimum absolute atomic E-state index is 0.0277. The number of aromatic amines is 1. The molecule has 3 rings (SSSR count). The second kappa shape index (κ2) is 7.61. The Balaban J connectivity index is 1.84. The second-order valence-electron chi connectivity index (χ2n) is 5.83. The van der Waals surface area contributed by atoms with E-state index in [0.717, 1.165) is 16.5 Å². The average Bonchev–Trinajstić information content (AvgIpc) is 3.05. The number of nitrogens with one attached hydrogen (secondary N) is 1. The lowest BCUT2D eigenvalue weighted by Gasteiger charge is -2.22. The summed E-state index contributed by atoms with van der Waals surface area (Å²) in [6, 6.07) is 17.1. The van der Waals surface area contributed by atoms with E-state index in [1.54, 1.807) is 4.90 Å². The number of hydrogen-bond donors (Lipinski definition) is 2. The fraction of sp³-hybridized carbons (Fsp3) is 0.211. The van der Waals surface area contributed by atoms with E-state index in [2.05, 4.69) is 10.2 Å². The summed E-state index contributed by atoms with van der Waals surface area (Å²) in [5, 5.41) is 16.7. The first-order valence-corrected chi connectivity index (χ1v) is 8.13. The number of benzene rings is 2. The van der Waals surface area contributed by atoms with Gasteiger partial charge in [0.05, 0.1) is 5.52 Å². The summed E-state index contributed by atoms with van der Waals surface area (Å²) < 4.78 is 0. The van der Waals surface area contributed by atoms with E-state index in [-0.39, 0.29) is 12.3 Å². The summed E-state index contributed by atoms with van der Waals surface area (Å²) in [7, 11) is 0. The number of rotatable bonds is 7. The molecule has 0 atom stereocenters. The van der Waals surface area contributed by atoms with Crippen molar-refractivity contribution in [1.29, 1.82) is 0 Å². The van der Waals surface area contributed by atoms with Crippen molar-refractivity contribution >= 4 is 22.8 Å². The number of amides is 1. The summed E-state index contributed by atoms with van der Waals surface area (Å²) in [5.74, 6) is -1.07. The first kappa shape index (κ1) is 16.7. The molecule has 0 aliphatic carbocycles. The largest absolute Gasteiger partial charge is 0.481 e. The number of carbonyl (C=O) groups excluding carboxylic acids is 1. The van der Waals surface area contributed by atoms with Crippen molar-refractivity contribution in [3.05, 3.63) is 65.9 Å². The predicted molar refractivity (Wildman–Crippen MR) is 94.1 cm³/mol. The molecule has 0 saturated heterocycles. The highest BCUT2D eigenvalue weighted by atomic mass is 16.4. The van der Waals surface area contributed by atoms with Gasteiger partial charge in [0, 0.05) is 24.9 Å². The monoisotopic (exact) mass is 337 g/mol. The fourth-order valence-corrected chi connectivity index (χ4v) is 2.75. The zero-order valence-corrected chi connectivity index (χ0v) is 13.7. The van der Waals surface area contributed by atoms with Gasteiger partial charge in [0.25, 0.3) is 5.91 Å². The molecule has 3 aromatic rings. The minimum Gasteiger partial charge on any atom is -0.481 e. The maximum absolute atomic E-state index is 13.0. The molecule has 0 bridgehead atoms. The Morgan fingerprint density at radius 2 is 1.76 bits per heavy atom. The molecule has 0 unspecified atom stereocenters. The highest BCUT2D eigenvalue weighted by molar-refractivity contribution is 6.04. The van der Waals surface area contributed by atoms with Gasteiger partial charge in [-0.2, -0.15) is 5.10 Å². The molecule has 0 fully saturated rings. The Labute approximate surface area is 145 Å². The van der Waals surface area contributed by atoms with E-state index in [0.29, 0.717) is 25.2 Å². The van der Waals surface area contributed by atoms with Crippen LogP contribution in [0.1, 0.15) is 28.9 Å². The van der Waals surface area contributed by atoms with Crippen molar-refractivity contribution in [1.82, 2.24) is 15.1 Å². The van der Waals surface area contributed by atoms with Crippen molar-refractivity contribution in [2.45, 2.75) is 19.4 Å². The Kier molecular flexibility index (Phi) is 5.09. The van der Waals surface area contributed by atoms with Gasteiger partial charge in [-0.15, -0.1) is 0 Å². The predicted octanol–water partition coefficient (Wildman–Crippen LogP) is 3.07. The van der Waals surface area contributed by atoms with Crippen LogP contribution in [0.25, 0.3) is 10.9 Å². The van der Waals surface area contributed by atoms with E-state index in [1.807, 2.05) is 54.6 Å². The molecular weight excluding hydrogens is 318 g/mol. The van der Waals surface area contributed by atoms with Gasteiger partial charge in [-0.3, -0.25) is 14.7 Å². The topological polar surface area (TPSA) is 86.3 Å². The van der Waals surface area contributed by atoms with Crippen LogP contribution in [-0.4, -0.2) is 38.6 Å². The van der Waals surface area contributed by atoms with Gasteiger partial charge in [-0.05, 0) is 18.1 Å². The van der Waals surface area contributed by atoms with Gasteiger partial charge in [0.2, 0.25) is 0 Å². The van der Waals surface area contributed by atoms with E-state index in [4.69, 9.17) is 5.11 Å². The number of fused-ring (bicyclic) bond motifs is 1. The normalized spacial score (nSPS) is 10.7. The molecule has 0 radical (unpaired) electrons. The van der Waals surface area contributed by atoms with Crippen LogP contribution in [0, 0.1) is 0 Å². The lowest BCUT2D eigenvalue weighted by Crippen LogP contribution is -2.32. The van der Waals surface area contributed by atoms with Gasteiger partial charge in [-0.1, -0.05) is 48.5 Å². The third-order valence-corrected chi connectivity index (χ3v) is 4.00. The van der Waals surface area contributed by atoms with Gasteiger partial charge in [-0.25, -0.2) is 0 Å². The molecule has 2 N–H and O–H groups in total. The number of aromatic nitrogens is 2. The third kappa shape index (κ3) is 4.03. The number of nitrogens with zero attached hydrogens (tertiary/aromatic N) is 2. The summed E-state index contributed by atoms with van der Waals surface area (Å²) in [4.78, 5) is 25.4. The van der Waals surface area contributed by atoms with Crippen molar-refractivity contribution < 1.29 is 14.7 Å². The highest BCUT2D eigenvalue weighted by Gasteiger charge is 2.21. The van der Waals surface area contributed by atoms with Crippen molar-refractivity contribution in [2.75, 3.05) is 6.54 Å². The molecule has 1 heterocycles. The fourth-order valence-electron chi connectivity index (χ4n) is 2.75. The maximum atomic E-state index is 13.0. The van der Waals surface area contributed by atoms with Gasteiger partial charge < -0.3 is 10.0 Å². The SMILES string of the molecule is O=C(O)CCCN(Cc1ccccc1)C(=O)c1n[nH]c2ccccc12. The summed E-state index contributed by atoms with van der Waals surface area (Å²) in [6.07, 6.45) is 0.427. The quantitative estimate of drug-likeness (QED) is 0.694. The van der Waals surface area contributed by atoms with Crippen LogP contribution in [0.4, 0.5) is 0 Å². The van der Waals surface area contributed by atoms with Crippen LogP contribution < -0.4 is 0 Å². The Bertz CT molecular complexity index is 874. The van der Waals surface area contributed by atoms with Gasteiger partial charge >= 0.3 is 5.97 Å². The lowest BCUT2D eigenvalue weighted by atomic mass is 10.1. The summed E-state index contributed by atoms with van der Waals surface area (Å²) >= 11 is 0. The zero-order chi connectivity index (χ0) is 17.6. The molecule has 0 spiro atoms. The number of H-pyrrole nitrogens is 1. The van der Waals surface area contributed by atoms with Crippen LogP contribution in [0.2, 0.25) is 0 Å². The van der Waals surface area contributed by atoms with E-state index in [9.17, 15) is 9.59 Å². The van der Waals surface area contributed by atoms with Crippen LogP contribution in [0.5, 0.6) is 0 Å². The van der Waals surface area contributed by atoms with Crippen molar-refractivity contribution in [3.63, 3.8) is 0 Å². The van der Waals surface area contributed by atoms with E-state index in [1.165, 1.54) is 0 Å². The molecular formula is C19H19N3O3. The minimum atomic E-state index is -0.864. The molecule has 25 heavy (non-hydrogen) atoms. The molecule has 1 aromatic heterocycles. The first-order chi connectivity index (χ1) is 12.1. The third-order valence-electron chi connectivity index (χ3n) is 4.00. The number of carbonyl (C=O) groups is 2. The van der Waals surface area contributed by atoms with Gasteiger partial charge in [0.15, 0.2) is 5.69 Å². The molecule has 6 nitrogen and oxygen atoms in total. The molecule has 1 amide bonds. The Morgan fingerprint density at radius 3 is 2.52 bits per heavy atom. The Morgan fingerprint density at radius 1 is 1.04 bits per heavy atom. The number of para-hydroxylation sites is 1. The number of carboxylic acid groups (broad SMARTS) is 1. The molecule has 0 aliphatic rings. The zero-order valence-electron chi connectivity index (χ0n) is 13.7. The molecule has 0 saturated carbocycles. The standard InChI is InChI=1S/C19H19N3O3/c23-17(24)11-6-12-22(13-14-7-2-1-3-8-14)19(25)18-15-9-4-5-10-16(15)20-21-18/h1-5,7-10H,6,11-13H2,(H,20,21)(H,23,24). The Hall–Kier alpha value is -3.15. The smallest absolute Gasteiger partial charge is 0.303 e. The molecule has 2 aromatic carbocycles. The molecule has 128 valence electrons. The first-order valence-electron chi connectivity index (χ1n) is 8.13. The summed E-state index contributed by atoms with van der Waals surface area (Å²) in [6.45, 7) is 0.779. The lowest BCUT2D eigenvalue weighted by molar-refractivity contribution is -0.137. The maximum Gasteiger partial charge on any atom is 0.303 e. The van der Waals surface area contributed by atoms with Crippen molar-refractivity contribution in [2.24, 2.45) is 0 Å². The number of aliphatic carboxylic acids is 1. The second-order valence-corrected chi connectivity index (χ2v) is 5.83. The molecule has 6 heteroatoms. The molecule has 0 aliphatic heterocycles. The summed E-state index contributed by atoms with van der Waals surface area (Å²) in [5.41, 5.74) is 2.16. The van der Waals surface area contributed by atoms with E-state index < -0.39 is 5.97 Å². The van der Waals surface area contributed by atoms with Crippen LogP contribution in [-0.2, 0) is 11.3 Å². The van der Waals surface area contributed by atoms with Gasteiger partial charge in [0.1, 0.15) is 0 Å². The van der Waals surface area contributed by atoms with Crippen LogP contribution in [0.3, 0.4) is 0 Å². The highest BCUT2D eigenvalue weighted by Crippen LogP contribution is 2.18. The van der Waals surface area contributed by atoms with Crippen LogP contribution >= 0.6 is 0 Å².